The first kappa shape index (κ1) is 23.6. The van der Waals surface area contributed by atoms with E-state index >= 15 is 0 Å². The SMILES string of the molecule is Cn1nccc1C(=O)NC(C(=O)Nc1ccc(-c2c(CO)cnn2C)cn1)C1CCCCCC1. The Morgan fingerprint density at radius 3 is 2.44 bits per heavy atom. The van der Waals surface area contributed by atoms with E-state index < -0.39 is 6.04 Å². The fourth-order valence-electron chi connectivity index (χ4n) is 4.64. The first-order valence-corrected chi connectivity index (χ1v) is 11.7. The van der Waals surface area contributed by atoms with Crippen molar-refractivity contribution in [3.8, 4) is 11.3 Å². The number of aliphatic hydroxyl groups is 1. The molecule has 0 aliphatic heterocycles. The van der Waals surface area contributed by atoms with Crippen molar-refractivity contribution in [2.75, 3.05) is 5.32 Å². The number of aryl methyl sites for hydroxylation is 2. The summed E-state index contributed by atoms with van der Waals surface area (Å²) in [6.07, 6.45) is 11.0. The maximum atomic E-state index is 13.3. The molecule has 1 atom stereocenters. The lowest BCUT2D eigenvalue weighted by molar-refractivity contribution is -0.119. The van der Waals surface area contributed by atoms with E-state index in [4.69, 9.17) is 0 Å². The highest BCUT2D eigenvalue weighted by molar-refractivity contribution is 6.00. The summed E-state index contributed by atoms with van der Waals surface area (Å²) in [5, 5.41) is 23.6. The number of nitrogens with one attached hydrogen (secondary N) is 2. The number of carbonyl (C=O) groups excluding carboxylic acids is 2. The van der Waals surface area contributed by atoms with Crippen LogP contribution in [0.15, 0.2) is 36.8 Å². The number of aromatic nitrogens is 5. The molecule has 3 aromatic heterocycles. The van der Waals surface area contributed by atoms with Crippen LogP contribution >= 0.6 is 0 Å². The molecule has 180 valence electrons. The molecular formula is C24H31N7O3. The van der Waals surface area contributed by atoms with Crippen molar-refractivity contribution in [2.45, 2.75) is 51.2 Å². The molecule has 4 rings (SSSR count). The highest BCUT2D eigenvalue weighted by Gasteiger charge is 2.31. The summed E-state index contributed by atoms with van der Waals surface area (Å²) in [6, 6.07) is 4.51. The standard InChI is InChI=1S/C24H31N7O3/c1-30-19(11-12-26-30)23(33)29-21(16-7-5-3-4-6-8-16)24(34)28-20-10-9-17(13-25-20)22-18(15-32)14-27-31(22)2/h9-14,16,21,32H,3-8,15H2,1-2H3,(H,29,33)(H,25,28,34). The van der Waals surface area contributed by atoms with Gasteiger partial charge < -0.3 is 15.7 Å². The molecule has 0 radical (unpaired) electrons. The van der Waals surface area contributed by atoms with E-state index in [1.807, 2.05) is 6.07 Å². The zero-order chi connectivity index (χ0) is 24.1. The molecule has 10 heteroatoms. The van der Waals surface area contributed by atoms with Crippen molar-refractivity contribution in [1.82, 2.24) is 29.9 Å². The summed E-state index contributed by atoms with van der Waals surface area (Å²) < 4.78 is 3.17. The highest BCUT2D eigenvalue weighted by atomic mass is 16.3. The minimum absolute atomic E-state index is 0.0560. The molecule has 3 heterocycles. The third-order valence-electron chi connectivity index (χ3n) is 6.47. The van der Waals surface area contributed by atoms with Crippen LogP contribution in [0.25, 0.3) is 11.3 Å². The van der Waals surface area contributed by atoms with E-state index in [9.17, 15) is 14.7 Å². The van der Waals surface area contributed by atoms with Crippen molar-refractivity contribution in [1.29, 1.82) is 0 Å². The Morgan fingerprint density at radius 1 is 1.06 bits per heavy atom. The quantitative estimate of drug-likeness (QED) is 0.460. The molecule has 1 saturated carbocycles. The predicted octanol–water partition coefficient (Wildman–Crippen LogP) is 2.42. The molecule has 1 aliphatic rings. The molecule has 1 unspecified atom stereocenters. The summed E-state index contributed by atoms with van der Waals surface area (Å²) in [7, 11) is 3.50. The number of carbonyl (C=O) groups is 2. The van der Waals surface area contributed by atoms with E-state index in [0.717, 1.165) is 49.8 Å². The maximum absolute atomic E-state index is 13.3. The molecule has 0 bridgehead atoms. The third-order valence-corrected chi connectivity index (χ3v) is 6.47. The Labute approximate surface area is 198 Å². The van der Waals surface area contributed by atoms with Crippen molar-refractivity contribution in [3.63, 3.8) is 0 Å². The van der Waals surface area contributed by atoms with Crippen LogP contribution in [0, 0.1) is 5.92 Å². The second kappa shape index (κ2) is 10.6. The fraction of sp³-hybridized carbons (Fsp3) is 0.458. The normalized spacial score (nSPS) is 15.5. The molecule has 0 aromatic carbocycles. The lowest BCUT2D eigenvalue weighted by Crippen LogP contribution is -2.49. The average molecular weight is 466 g/mol. The van der Waals surface area contributed by atoms with Gasteiger partial charge in [-0.25, -0.2) is 4.98 Å². The van der Waals surface area contributed by atoms with Gasteiger partial charge in [-0.15, -0.1) is 0 Å². The third kappa shape index (κ3) is 5.17. The van der Waals surface area contributed by atoms with Gasteiger partial charge in [0.15, 0.2) is 0 Å². The van der Waals surface area contributed by atoms with Crippen LogP contribution in [0.1, 0.15) is 54.6 Å². The molecule has 0 saturated heterocycles. The van der Waals surface area contributed by atoms with E-state index in [1.165, 1.54) is 4.68 Å². The van der Waals surface area contributed by atoms with Crippen LogP contribution in [-0.4, -0.2) is 47.5 Å². The van der Waals surface area contributed by atoms with Crippen LogP contribution in [0.5, 0.6) is 0 Å². The summed E-state index contributed by atoms with van der Waals surface area (Å²) in [5.74, 6) is -0.143. The predicted molar refractivity (Wildman–Crippen MR) is 127 cm³/mol. The van der Waals surface area contributed by atoms with Gasteiger partial charge in [0.05, 0.1) is 18.5 Å². The lowest BCUT2D eigenvalue weighted by Gasteiger charge is -2.26. The van der Waals surface area contributed by atoms with E-state index in [0.29, 0.717) is 17.1 Å². The molecule has 0 spiro atoms. The molecule has 34 heavy (non-hydrogen) atoms. The number of anilines is 1. The fourth-order valence-corrected chi connectivity index (χ4v) is 4.64. The highest BCUT2D eigenvalue weighted by Crippen LogP contribution is 2.27. The van der Waals surface area contributed by atoms with Gasteiger partial charge in [-0.3, -0.25) is 19.0 Å². The summed E-state index contributed by atoms with van der Waals surface area (Å²) in [5.41, 5.74) is 2.66. The molecule has 10 nitrogen and oxygen atoms in total. The number of hydrogen-bond donors (Lipinski definition) is 3. The van der Waals surface area contributed by atoms with Crippen molar-refractivity contribution < 1.29 is 14.7 Å². The second-order valence-electron chi connectivity index (χ2n) is 8.76. The molecular weight excluding hydrogens is 434 g/mol. The molecule has 3 aromatic rings. The van der Waals surface area contributed by atoms with Gasteiger partial charge in [0, 0.05) is 37.6 Å². The number of pyridine rings is 1. The molecule has 1 aliphatic carbocycles. The maximum Gasteiger partial charge on any atom is 0.270 e. The van der Waals surface area contributed by atoms with Gasteiger partial charge in [0.25, 0.3) is 5.91 Å². The molecule has 1 fully saturated rings. The van der Waals surface area contributed by atoms with E-state index in [2.05, 4.69) is 25.8 Å². The van der Waals surface area contributed by atoms with Crippen LogP contribution in [0.4, 0.5) is 5.82 Å². The van der Waals surface area contributed by atoms with Crippen LogP contribution < -0.4 is 10.6 Å². The monoisotopic (exact) mass is 465 g/mol. The first-order chi connectivity index (χ1) is 16.5. The number of aliphatic hydroxyl groups excluding tert-OH is 1. The molecule has 2 amide bonds. The Morgan fingerprint density at radius 2 is 1.82 bits per heavy atom. The smallest absolute Gasteiger partial charge is 0.270 e. The lowest BCUT2D eigenvalue weighted by atomic mass is 9.91. The number of amides is 2. The van der Waals surface area contributed by atoms with Crippen LogP contribution in [0.3, 0.4) is 0 Å². The van der Waals surface area contributed by atoms with Crippen molar-refractivity contribution in [2.24, 2.45) is 20.0 Å². The van der Waals surface area contributed by atoms with Crippen LogP contribution in [-0.2, 0) is 25.5 Å². The van der Waals surface area contributed by atoms with Gasteiger partial charge >= 0.3 is 0 Å². The summed E-state index contributed by atoms with van der Waals surface area (Å²) in [6.45, 7) is -0.124. The number of rotatable bonds is 7. The average Bonchev–Trinajstić information content (AvgIpc) is 3.32. The van der Waals surface area contributed by atoms with Gasteiger partial charge in [0.1, 0.15) is 17.6 Å². The molecule has 3 N–H and O–H groups in total. The Kier molecular flexibility index (Phi) is 7.36. The van der Waals surface area contributed by atoms with Gasteiger partial charge in [-0.2, -0.15) is 10.2 Å². The van der Waals surface area contributed by atoms with E-state index in [-0.39, 0.29) is 24.3 Å². The Balaban J connectivity index is 1.52. The van der Waals surface area contributed by atoms with Gasteiger partial charge in [-0.05, 0) is 37.0 Å². The number of nitrogens with zero attached hydrogens (tertiary/aromatic N) is 5. The minimum Gasteiger partial charge on any atom is -0.392 e. The largest absolute Gasteiger partial charge is 0.392 e. The summed E-state index contributed by atoms with van der Waals surface area (Å²) >= 11 is 0. The Hall–Kier alpha value is -3.53. The Bertz CT molecular complexity index is 1130. The van der Waals surface area contributed by atoms with Crippen molar-refractivity contribution in [3.05, 3.63) is 48.0 Å². The first-order valence-electron chi connectivity index (χ1n) is 11.7. The summed E-state index contributed by atoms with van der Waals surface area (Å²) in [4.78, 5) is 30.6. The second-order valence-corrected chi connectivity index (χ2v) is 8.76. The number of hydrogen-bond acceptors (Lipinski definition) is 6. The van der Waals surface area contributed by atoms with Gasteiger partial charge in [-0.1, -0.05) is 25.7 Å². The zero-order valence-electron chi connectivity index (χ0n) is 19.6. The topological polar surface area (TPSA) is 127 Å². The minimum atomic E-state index is -0.667. The van der Waals surface area contributed by atoms with E-state index in [1.54, 1.807) is 49.5 Å². The van der Waals surface area contributed by atoms with Gasteiger partial charge in [0.2, 0.25) is 5.91 Å². The zero-order valence-corrected chi connectivity index (χ0v) is 19.6. The van der Waals surface area contributed by atoms with Crippen LogP contribution in [0.2, 0.25) is 0 Å². The van der Waals surface area contributed by atoms with Crippen molar-refractivity contribution >= 4 is 17.6 Å².